The lowest BCUT2D eigenvalue weighted by molar-refractivity contribution is -0.141. The Kier molecular flexibility index (Phi) is 7.57. The van der Waals surface area contributed by atoms with Crippen LogP contribution in [0.25, 0.3) is 10.9 Å². The second-order valence-corrected chi connectivity index (χ2v) is 12.2. The number of halogens is 1. The third-order valence-corrected chi connectivity index (χ3v) is 9.01. The van der Waals surface area contributed by atoms with Gasteiger partial charge in [-0.25, -0.2) is 17.5 Å². The van der Waals surface area contributed by atoms with Gasteiger partial charge in [0.15, 0.2) is 0 Å². The molecule has 2 aromatic carbocycles. The summed E-state index contributed by atoms with van der Waals surface area (Å²) in [6.07, 6.45) is 6.97. The van der Waals surface area contributed by atoms with Crippen molar-refractivity contribution in [1.29, 1.82) is 0 Å². The summed E-state index contributed by atoms with van der Waals surface area (Å²) in [7, 11) is -3.84. The highest BCUT2D eigenvalue weighted by Crippen LogP contribution is 2.27. The van der Waals surface area contributed by atoms with Crippen LogP contribution in [-0.4, -0.2) is 67.2 Å². The van der Waals surface area contributed by atoms with Gasteiger partial charge in [-0.1, -0.05) is 48.6 Å². The fraction of sp³-hybridized carbons (Fsp3) is 0.300. The Morgan fingerprint density at radius 1 is 0.975 bits per heavy atom. The Hall–Kier alpha value is -3.89. The molecule has 10 heteroatoms. The Labute approximate surface area is 233 Å². The summed E-state index contributed by atoms with van der Waals surface area (Å²) in [6, 6.07) is 14.0. The average molecular weight is 563 g/mol. The van der Waals surface area contributed by atoms with Crippen molar-refractivity contribution in [2.45, 2.75) is 36.6 Å². The van der Waals surface area contributed by atoms with Gasteiger partial charge in [0.1, 0.15) is 10.7 Å². The second kappa shape index (κ2) is 10.9. The minimum absolute atomic E-state index is 0.0699. The summed E-state index contributed by atoms with van der Waals surface area (Å²) in [6.45, 7) is 5.21. The number of pyridine rings is 1. The highest BCUT2D eigenvalue weighted by Gasteiger charge is 2.36. The van der Waals surface area contributed by atoms with Crippen molar-refractivity contribution in [3.8, 4) is 0 Å². The van der Waals surface area contributed by atoms with E-state index in [1.165, 1.54) is 18.2 Å². The molecule has 8 nitrogen and oxygen atoms in total. The summed E-state index contributed by atoms with van der Waals surface area (Å²) >= 11 is 0. The molecule has 1 N–H and O–H groups in total. The van der Waals surface area contributed by atoms with Crippen molar-refractivity contribution >= 4 is 32.7 Å². The van der Waals surface area contributed by atoms with Crippen LogP contribution in [0.2, 0.25) is 0 Å². The standard InChI is InChI=1S/C30H31FN4O4S/c1-30(2,23-10-12-24(31)13-11-23)29(37)35-19-17-34(18-20-35)28(36)22-8-14-25(15-9-22)33-40(38,39)26-7-3-5-21-6-4-16-32-27(21)26/h3-14,16,25,33H,15,17-20H2,1-2H3. The first-order valence-corrected chi connectivity index (χ1v) is 14.6. The number of benzene rings is 2. The molecule has 1 unspecified atom stereocenters. The third-order valence-electron chi connectivity index (χ3n) is 7.49. The number of hydrogen-bond acceptors (Lipinski definition) is 5. The molecule has 1 aromatic heterocycles. The van der Waals surface area contributed by atoms with Gasteiger partial charge in [0, 0.05) is 49.4 Å². The molecule has 1 aliphatic heterocycles. The van der Waals surface area contributed by atoms with Gasteiger partial charge in [0.05, 0.1) is 10.9 Å². The molecule has 0 radical (unpaired) electrons. The minimum atomic E-state index is -3.84. The van der Waals surface area contributed by atoms with E-state index in [9.17, 15) is 22.4 Å². The van der Waals surface area contributed by atoms with Crippen molar-refractivity contribution in [2.75, 3.05) is 26.2 Å². The van der Waals surface area contributed by atoms with Gasteiger partial charge in [-0.15, -0.1) is 0 Å². The lowest BCUT2D eigenvalue weighted by atomic mass is 9.83. The van der Waals surface area contributed by atoms with Crippen molar-refractivity contribution in [1.82, 2.24) is 19.5 Å². The zero-order valence-electron chi connectivity index (χ0n) is 22.4. The molecule has 1 aliphatic carbocycles. The van der Waals surface area contributed by atoms with Crippen LogP contribution in [0.15, 0.2) is 89.5 Å². The Morgan fingerprint density at radius 3 is 2.33 bits per heavy atom. The van der Waals surface area contributed by atoms with Gasteiger partial charge >= 0.3 is 0 Å². The Bertz CT molecular complexity index is 1600. The fourth-order valence-corrected chi connectivity index (χ4v) is 6.49. The van der Waals surface area contributed by atoms with E-state index in [4.69, 9.17) is 0 Å². The van der Waals surface area contributed by atoms with Gasteiger partial charge in [0.2, 0.25) is 15.9 Å². The van der Waals surface area contributed by atoms with Gasteiger partial charge in [0.25, 0.3) is 5.91 Å². The smallest absolute Gasteiger partial charge is 0.253 e. The summed E-state index contributed by atoms with van der Waals surface area (Å²) in [5.74, 6) is -0.573. The quantitative estimate of drug-likeness (QED) is 0.496. The van der Waals surface area contributed by atoms with Gasteiger partial charge in [-0.05, 0) is 50.1 Å². The minimum Gasteiger partial charge on any atom is -0.338 e. The van der Waals surface area contributed by atoms with Crippen molar-refractivity contribution in [2.24, 2.45) is 0 Å². The van der Waals surface area contributed by atoms with Crippen LogP contribution in [0.3, 0.4) is 0 Å². The maximum absolute atomic E-state index is 13.3. The van der Waals surface area contributed by atoms with E-state index in [1.54, 1.807) is 58.5 Å². The molecular weight excluding hydrogens is 531 g/mol. The van der Waals surface area contributed by atoms with Crippen molar-refractivity contribution < 1.29 is 22.4 Å². The molecule has 5 rings (SSSR count). The van der Waals surface area contributed by atoms with E-state index < -0.39 is 21.5 Å². The number of hydrogen-bond donors (Lipinski definition) is 1. The Balaban J connectivity index is 1.17. The fourth-order valence-electron chi connectivity index (χ4n) is 5.10. The number of carbonyl (C=O) groups excluding carboxylic acids is 2. The maximum atomic E-state index is 13.3. The van der Waals surface area contributed by atoms with Crippen LogP contribution in [-0.2, 0) is 25.0 Å². The summed E-state index contributed by atoms with van der Waals surface area (Å²) in [5.41, 5.74) is 0.812. The van der Waals surface area contributed by atoms with Gasteiger partial charge in [-0.2, -0.15) is 0 Å². The van der Waals surface area contributed by atoms with Crippen LogP contribution in [0, 0.1) is 5.82 Å². The molecule has 2 amide bonds. The number of piperazine rings is 1. The van der Waals surface area contributed by atoms with Crippen LogP contribution in [0.1, 0.15) is 25.8 Å². The molecule has 208 valence electrons. The van der Waals surface area contributed by atoms with E-state index in [-0.39, 0.29) is 22.5 Å². The number of carbonyl (C=O) groups is 2. The van der Waals surface area contributed by atoms with Crippen LogP contribution in [0.5, 0.6) is 0 Å². The van der Waals surface area contributed by atoms with E-state index in [0.29, 0.717) is 43.7 Å². The number of sulfonamides is 1. The zero-order chi connectivity index (χ0) is 28.5. The lowest BCUT2D eigenvalue weighted by Gasteiger charge is -2.39. The summed E-state index contributed by atoms with van der Waals surface area (Å²) in [5, 5.41) is 0.734. The number of fused-ring (bicyclic) bond motifs is 1. The largest absolute Gasteiger partial charge is 0.338 e. The van der Waals surface area contributed by atoms with E-state index in [0.717, 1.165) is 10.9 Å². The number of aromatic nitrogens is 1. The predicted octanol–water partition coefficient (Wildman–Crippen LogP) is 3.56. The summed E-state index contributed by atoms with van der Waals surface area (Å²) < 4.78 is 42.3. The first-order chi connectivity index (χ1) is 19.1. The first kappa shape index (κ1) is 27.7. The monoisotopic (exact) mass is 562 g/mol. The topological polar surface area (TPSA) is 99.7 Å². The highest BCUT2D eigenvalue weighted by atomic mass is 32.2. The lowest BCUT2D eigenvalue weighted by Crippen LogP contribution is -2.54. The molecule has 1 saturated heterocycles. The molecule has 0 bridgehead atoms. The predicted molar refractivity (Wildman–Crippen MR) is 150 cm³/mol. The van der Waals surface area contributed by atoms with Gasteiger partial charge in [-0.3, -0.25) is 14.6 Å². The molecule has 2 aliphatic rings. The van der Waals surface area contributed by atoms with Crippen molar-refractivity contribution in [3.63, 3.8) is 0 Å². The molecule has 1 fully saturated rings. The SMILES string of the molecule is CC(C)(C(=O)N1CCN(C(=O)C2=CCC(NS(=O)(=O)c3cccc4cccnc34)C=C2)CC1)c1ccc(F)cc1. The van der Waals surface area contributed by atoms with Crippen LogP contribution in [0.4, 0.5) is 4.39 Å². The number of nitrogens with one attached hydrogen (secondary N) is 1. The van der Waals surface area contributed by atoms with Crippen LogP contribution < -0.4 is 4.72 Å². The molecule has 0 spiro atoms. The first-order valence-electron chi connectivity index (χ1n) is 13.2. The number of amides is 2. The number of para-hydroxylation sites is 1. The molecule has 2 heterocycles. The Morgan fingerprint density at radius 2 is 1.65 bits per heavy atom. The molecular formula is C30H31FN4O4S. The normalized spacial score (nSPS) is 18.1. The number of rotatable bonds is 6. The van der Waals surface area contributed by atoms with E-state index in [2.05, 4.69) is 9.71 Å². The summed E-state index contributed by atoms with van der Waals surface area (Å²) in [4.78, 5) is 34.2. The average Bonchev–Trinajstić information content (AvgIpc) is 2.96. The zero-order valence-corrected chi connectivity index (χ0v) is 23.2. The van der Waals surface area contributed by atoms with Gasteiger partial charge < -0.3 is 9.80 Å². The third kappa shape index (κ3) is 5.55. The van der Waals surface area contributed by atoms with E-state index in [1.807, 2.05) is 26.0 Å². The molecule has 0 saturated carbocycles. The highest BCUT2D eigenvalue weighted by molar-refractivity contribution is 7.89. The maximum Gasteiger partial charge on any atom is 0.253 e. The van der Waals surface area contributed by atoms with E-state index >= 15 is 0 Å². The molecule has 40 heavy (non-hydrogen) atoms. The molecule has 3 aromatic rings. The molecule has 1 atom stereocenters. The second-order valence-electron chi connectivity index (χ2n) is 10.5. The van der Waals surface area contributed by atoms with Crippen LogP contribution >= 0.6 is 0 Å². The van der Waals surface area contributed by atoms with Crippen molar-refractivity contribution in [3.05, 3.63) is 96.0 Å². The number of nitrogens with zero attached hydrogens (tertiary/aromatic N) is 3.